The lowest BCUT2D eigenvalue weighted by atomic mass is 9.59. The van der Waals surface area contributed by atoms with Crippen molar-refractivity contribution in [2.45, 2.75) is 138 Å². The van der Waals surface area contributed by atoms with Crippen LogP contribution >= 0.6 is 0 Å². The molecule has 0 bridgehead atoms. The quantitative estimate of drug-likeness (QED) is 0.108. The molecule has 7 heteroatoms. The molecule has 2 aromatic carbocycles. The van der Waals surface area contributed by atoms with Crippen molar-refractivity contribution in [1.82, 2.24) is 9.97 Å². The van der Waals surface area contributed by atoms with Crippen molar-refractivity contribution in [3.05, 3.63) is 87.0 Å². The normalized spacial score (nSPS) is 18.7. The summed E-state index contributed by atoms with van der Waals surface area (Å²) in [5.41, 5.74) is 3.83. The molecule has 0 saturated heterocycles. The Morgan fingerprint density at radius 2 is 1.25 bits per heavy atom. The fourth-order valence-corrected chi connectivity index (χ4v) is 8.49. The van der Waals surface area contributed by atoms with Crippen LogP contribution in [0.5, 0.6) is 17.2 Å². The minimum atomic E-state index is -2.79. The number of hydrogen-bond donors (Lipinski definition) is 3. The first-order valence-corrected chi connectivity index (χ1v) is 18.9. The van der Waals surface area contributed by atoms with E-state index in [2.05, 4.69) is 63.4 Å². The van der Waals surface area contributed by atoms with E-state index in [0.29, 0.717) is 16.8 Å². The zero-order valence-corrected chi connectivity index (χ0v) is 35.7. The molecule has 6 rings (SSSR count). The van der Waals surface area contributed by atoms with Crippen LogP contribution in [0.2, 0.25) is 0 Å². The molecular weight excluding hydrogens is 691 g/mol. The standard InChI is InChI=1S/C25H33NO3.C19H21F2N.C4H6/c1-10-15-14(13(2)3)11-12-16(26-15)17-20(27)18-19(22(29)21(17)28)24(6,7)25(8,9)23(18,4)5;1-12-7-6-10-22-16(12)13-8-9-14-15(11-13)18(4,5)19(20,21)17(14,2)3;1-3-4-2/h10-12,27-29H,1-9H3;6-11H,1-5H3;1-2H3/b15-10+;;. The number of nitrogens with zero attached hydrogens (tertiary/aromatic N) is 2. The summed E-state index contributed by atoms with van der Waals surface area (Å²) >= 11 is 0. The number of alkyl halides is 2. The van der Waals surface area contributed by atoms with E-state index in [-0.39, 0.29) is 28.2 Å². The molecule has 0 amide bonds. The lowest BCUT2D eigenvalue weighted by Crippen LogP contribution is -2.46. The lowest BCUT2D eigenvalue weighted by molar-refractivity contribution is -0.105. The van der Waals surface area contributed by atoms with Gasteiger partial charge in [-0.25, -0.2) is 13.8 Å². The highest BCUT2D eigenvalue weighted by Crippen LogP contribution is 2.68. The van der Waals surface area contributed by atoms with Gasteiger partial charge in [0.2, 0.25) is 0 Å². The highest BCUT2D eigenvalue weighted by molar-refractivity contribution is 5.83. The third-order valence-corrected chi connectivity index (χ3v) is 13.3. The number of pyridine rings is 2. The first kappa shape index (κ1) is 43.0. The maximum atomic E-state index is 14.9. The Balaban J connectivity index is 0.000000229. The summed E-state index contributed by atoms with van der Waals surface area (Å²) in [5, 5.41) is 35.2. The smallest absolute Gasteiger partial charge is 0.266 e. The van der Waals surface area contributed by atoms with Crippen LogP contribution in [-0.4, -0.2) is 31.2 Å². The molecule has 0 aliphatic heterocycles. The highest BCUT2D eigenvalue weighted by Gasteiger charge is 2.65. The average Bonchev–Trinajstić information content (AvgIpc) is 3.30. The van der Waals surface area contributed by atoms with Crippen LogP contribution in [0.1, 0.15) is 132 Å². The number of benzene rings is 2. The third-order valence-electron chi connectivity index (χ3n) is 13.3. The summed E-state index contributed by atoms with van der Waals surface area (Å²) in [6.45, 7) is 30.6. The monoisotopic (exact) mass is 750 g/mol. The molecule has 0 saturated carbocycles. The van der Waals surface area contributed by atoms with Gasteiger partial charge in [0, 0.05) is 22.9 Å². The van der Waals surface area contributed by atoms with Gasteiger partial charge in [0.25, 0.3) is 5.92 Å². The summed E-state index contributed by atoms with van der Waals surface area (Å²) in [6, 6.07) is 13.2. The van der Waals surface area contributed by atoms with Crippen LogP contribution in [0.25, 0.3) is 34.2 Å². The van der Waals surface area contributed by atoms with E-state index < -0.39 is 27.6 Å². The SMILES string of the molecule is C/C=c1/nc(-c2c(O)c(O)c3c(c2O)C(C)(C)C(C)(C)C3(C)C)ccc1=C(C)C.CC#CC.Cc1cccnc1-c1ccc2c(c1)C(C)(C)C(F)(F)C2(C)C. The van der Waals surface area contributed by atoms with Gasteiger partial charge >= 0.3 is 0 Å². The summed E-state index contributed by atoms with van der Waals surface area (Å²) in [6.07, 6.45) is 3.64. The van der Waals surface area contributed by atoms with Crippen molar-refractivity contribution in [2.75, 3.05) is 0 Å². The number of phenols is 3. The van der Waals surface area contributed by atoms with Crippen LogP contribution in [0.3, 0.4) is 0 Å². The molecule has 55 heavy (non-hydrogen) atoms. The molecule has 2 aliphatic carbocycles. The zero-order valence-electron chi connectivity index (χ0n) is 35.7. The summed E-state index contributed by atoms with van der Waals surface area (Å²) in [4.78, 5) is 9.09. The molecule has 294 valence electrons. The molecular formula is C48H60F2N2O3. The Bertz CT molecular complexity index is 2330. The number of halogens is 2. The van der Waals surface area contributed by atoms with Crippen LogP contribution < -0.4 is 10.6 Å². The minimum absolute atomic E-state index is 0.00143. The number of fused-ring (bicyclic) bond motifs is 2. The Morgan fingerprint density at radius 1 is 0.709 bits per heavy atom. The molecule has 2 aliphatic rings. The number of phenolic OH excluding ortho intramolecular Hbond substituents is 3. The summed E-state index contributed by atoms with van der Waals surface area (Å²) in [5.74, 6) is 2.09. The van der Waals surface area contributed by atoms with Crippen LogP contribution in [0.15, 0.2) is 48.7 Å². The maximum absolute atomic E-state index is 14.9. The van der Waals surface area contributed by atoms with Crippen molar-refractivity contribution in [1.29, 1.82) is 0 Å². The van der Waals surface area contributed by atoms with E-state index in [1.54, 1.807) is 40.0 Å². The lowest BCUT2D eigenvalue weighted by Gasteiger charge is -2.44. The van der Waals surface area contributed by atoms with Crippen LogP contribution in [0.4, 0.5) is 8.78 Å². The highest BCUT2D eigenvalue weighted by atomic mass is 19.3. The molecule has 0 unspecified atom stereocenters. The minimum Gasteiger partial charge on any atom is -0.507 e. The zero-order chi connectivity index (χ0) is 41.9. The number of hydrogen-bond acceptors (Lipinski definition) is 5. The van der Waals surface area contributed by atoms with Gasteiger partial charge in [0.05, 0.1) is 33.1 Å². The Hall–Kier alpha value is -4.70. The van der Waals surface area contributed by atoms with Crippen molar-refractivity contribution in [2.24, 2.45) is 5.41 Å². The molecule has 0 radical (unpaired) electrons. The van der Waals surface area contributed by atoms with Gasteiger partial charge in [0.1, 0.15) is 5.75 Å². The average molecular weight is 751 g/mol. The van der Waals surface area contributed by atoms with Gasteiger partial charge in [-0.3, -0.25) is 4.98 Å². The van der Waals surface area contributed by atoms with E-state index in [1.165, 1.54) is 0 Å². The van der Waals surface area contributed by atoms with E-state index in [4.69, 9.17) is 0 Å². The molecule has 5 nitrogen and oxygen atoms in total. The number of aryl methyl sites for hydroxylation is 1. The van der Waals surface area contributed by atoms with Gasteiger partial charge in [-0.15, -0.1) is 11.8 Å². The summed E-state index contributed by atoms with van der Waals surface area (Å²) in [7, 11) is 0. The maximum Gasteiger partial charge on any atom is 0.266 e. The predicted octanol–water partition coefficient (Wildman–Crippen LogP) is 10.7. The van der Waals surface area contributed by atoms with E-state index >= 15 is 0 Å². The van der Waals surface area contributed by atoms with E-state index in [0.717, 1.165) is 44.1 Å². The van der Waals surface area contributed by atoms with Crippen LogP contribution in [-0.2, 0) is 21.7 Å². The van der Waals surface area contributed by atoms with Crippen molar-refractivity contribution in [3.8, 4) is 51.6 Å². The molecule has 2 aromatic heterocycles. The van der Waals surface area contributed by atoms with Gasteiger partial charge in [0.15, 0.2) is 11.5 Å². The predicted molar refractivity (Wildman–Crippen MR) is 223 cm³/mol. The second-order valence-corrected chi connectivity index (χ2v) is 17.7. The molecule has 0 atom stereocenters. The molecule has 3 N–H and O–H groups in total. The number of rotatable bonds is 2. The van der Waals surface area contributed by atoms with Crippen molar-refractivity contribution in [3.63, 3.8) is 0 Å². The molecule has 0 fully saturated rings. The first-order valence-electron chi connectivity index (χ1n) is 18.9. The van der Waals surface area contributed by atoms with Gasteiger partial charge in [-0.1, -0.05) is 77.5 Å². The van der Waals surface area contributed by atoms with Crippen molar-refractivity contribution >= 4 is 11.6 Å². The Kier molecular flexibility index (Phi) is 11.3. The molecule has 0 spiro atoms. The van der Waals surface area contributed by atoms with Gasteiger partial charge in [-0.05, 0) is 126 Å². The van der Waals surface area contributed by atoms with Gasteiger partial charge < -0.3 is 15.3 Å². The first-order chi connectivity index (χ1) is 25.2. The second kappa shape index (κ2) is 14.4. The number of aromatic nitrogens is 2. The number of aromatic hydroxyl groups is 3. The topological polar surface area (TPSA) is 86.5 Å². The van der Waals surface area contributed by atoms with E-state index in [9.17, 15) is 24.1 Å². The van der Waals surface area contributed by atoms with E-state index in [1.807, 2.05) is 84.0 Å². The largest absolute Gasteiger partial charge is 0.507 e. The third kappa shape index (κ3) is 6.40. The fourth-order valence-electron chi connectivity index (χ4n) is 8.49. The second-order valence-electron chi connectivity index (χ2n) is 17.7. The fraction of sp³-hybridized carbons (Fsp3) is 0.458. The molecule has 4 aromatic rings. The Morgan fingerprint density at radius 3 is 1.76 bits per heavy atom. The Labute approximate surface area is 327 Å². The van der Waals surface area contributed by atoms with Crippen LogP contribution in [0, 0.1) is 24.2 Å². The van der Waals surface area contributed by atoms with Gasteiger partial charge in [-0.2, -0.15) is 0 Å². The summed E-state index contributed by atoms with van der Waals surface area (Å²) < 4.78 is 29.8. The van der Waals surface area contributed by atoms with Crippen molar-refractivity contribution < 1.29 is 24.1 Å². The molecule has 2 heterocycles.